The maximum absolute atomic E-state index is 13.4. The fourth-order valence-corrected chi connectivity index (χ4v) is 3.38. The van der Waals surface area contributed by atoms with E-state index in [1.807, 2.05) is 5.01 Å². The first kappa shape index (κ1) is 14.4. The van der Waals surface area contributed by atoms with Crippen molar-refractivity contribution >= 4 is 5.91 Å². The molecule has 2 saturated heterocycles. The van der Waals surface area contributed by atoms with Crippen LogP contribution in [0.3, 0.4) is 0 Å². The number of amides is 1. The molecule has 21 heavy (non-hydrogen) atoms. The zero-order chi connectivity index (χ0) is 15.2. The van der Waals surface area contributed by atoms with Crippen LogP contribution < -0.4 is 0 Å². The number of hydrogen-bond donors (Lipinski definition) is 0. The van der Waals surface area contributed by atoms with Gasteiger partial charge in [-0.25, -0.2) is 18.2 Å². The number of halogens is 3. The Balaban J connectivity index is 1.87. The summed E-state index contributed by atoms with van der Waals surface area (Å²) < 4.78 is 38.8. The van der Waals surface area contributed by atoms with E-state index in [0.29, 0.717) is 25.1 Å². The van der Waals surface area contributed by atoms with E-state index in [1.165, 1.54) is 12.1 Å². The molecule has 1 amide bonds. The maximum atomic E-state index is 13.4. The Labute approximate surface area is 121 Å². The van der Waals surface area contributed by atoms with Gasteiger partial charge in [0.05, 0.1) is 11.5 Å². The molecule has 6 heteroatoms. The molecule has 2 atom stereocenters. The lowest BCUT2D eigenvalue weighted by molar-refractivity contribution is -0.143. The van der Waals surface area contributed by atoms with Crippen LogP contribution in [-0.4, -0.2) is 35.4 Å². The van der Waals surface area contributed by atoms with Crippen molar-refractivity contribution in [1.82, 2.24) is 10.0 Å². The van der Waals surface area contributed by atoms with Crippen molar-refractivity contribution in [3.8, 4) is 0 Å². The predicted molar refractivity (Wildman–Crippen MR) is 70.9 cm³/mol. The van der Waals surface area contributed by atoms with E-state index in [9.17, 15) is 18.0 Å². The third-order valence-corrected chi connectivity index (χ3v) is 4.35. The van der Waals surface area contributed by atoms with Crippen LogP contribution in [0.5, 0.6) is 0 Å². The zero-order valence-electron chi connectivity index (χ0n) is 11.7. The molecule has 0 aliphatic carbocycles. The first-order valence-electron chi connectivity index (χ1n) is 7.03. The molecule has 0 radical (unpaired) electrons. The number of alkyl halides is 2. The van der Waals surface area contributed by atoms with E-state index < -0.39 is 18.3 Å². The van der Waals surface area contributed by atoms with Crippen LogP contribution in [0.15, 0.2) is 24.3 Å². The molecule has 0 spiro atoms. The van der Waals surface area contributed by atoms with E-state index >= 15 is 0 Å². The molecule has 3 rings (SSSR count). The summed E-state index contributed by atoms with van der Waals surface area (Å²) in [5, 5.41) is 3.37. The topological polar surface area (TPSA) is 23.6 Å². The SMILES string of the molecule is CC1(CC(F)F)CN2CC[C@H](c3cccc(F)c3)N2C1=O. The summed E-state index contributed by atoms with van der Waals surface area (Å²) in [7, 11) is 0. The molecule has 2 aliphatic rings. The summed E-state index contributed by atoms with van der Waals surface area (Å²) in [5.74, 6) is -0.637. The Morgan fingerprint density at radius 1 is 1.43 bits per heavy atom. The van der Waals surface area contributed by atoms with Gasteiger partial charge in [-0.3, -0.25) is 9.80 Å². The quantitative estimate of drug-likeness (QED) is 0.856. The summed E-state index contributed by atoms with van der Waals surface area (Å²) in [4.78, 5) is 12.6. The van der Waals surface area contributed by atoms with E-state index in [-0.39, 0.29) is 17.8 Å². The molecule has 1 aromatic rings. The molecular weight excluding hydrogens is 281 g/mol. The van der Waals surface area contributed by atoms with E-state index in [0.717, 1.165) is 0 Å². The minimum Gasteiger partial charge on any atom is -0.273 e. The van der Waals surface area contributed by atoms with Crippen LogP contribution in [0.2, 0.25) is 0 Å². The molecule has 0 bridgehead atoms. The number of carbonyl (C=O) groups is 1. The number of rotatable bonds is 3. The van der Waals surface area contributed by atoms with Gasteiger partial charge < -0.3 is 0 Å². The average molecular weight is 298 g/mol. The average Bonchev–Trinajstić information content (AvgIpc) is 2.89. The summed E-state index contributed by atoms with van der Waals surface area (Å²) in [5.41, 5.74) is -0.340. The lowest BCUT2D eigenvalue weighted by atomic mass is 9.86. The molecule has 0 aromatic heterocycles. The number of carbonyl (C=O) groups excluding carboxylic acids is 1. The number of benzene rings is 1. The van der Waals surface area contributed by atoms with Gasteiger partial charge in [0.25, 0.3) is 0 Å². The Bertz CT molecular complexity index is 566. The van der Waals surface area contributed by atoms with Crippen LogP contribution in [0.4, 0.5) is 13.2 Å². The van der Waals surface area contributed by atoms with Crippen molar-refractivity contribution in [2.24, 2.45) is 5.41 Å². The zero-order valence-corrected chi connectivity index (χ0v) is 11.7. The van der Waals surface area contributed by atoms with Crippen LogP contribution in [0.1, 0.15) is 31.4 Å². The molecule has 0 saturated carbocycles. The molecule has 0 N–H and O–H groups in total. The smallest absolute Gasteiger partial charge is 0.244 e. The van der Waals surface area contributed by atoms with Crippen LogP contribution in [-0.2, 0) is 4.79 Å². The Morgan fingerprint density at radius 3 is 2.86 bits per heavy atom. The molecule has 114 valence electrons. The van der Waals surface area contributed by atoms with Crippen molar-refractivity contribution < 1.29 is 18.0 Å². The molecule has 2 fully saturated rings. The van der Waals surface area contributed by atoms with Crippen molar-refractivity contribution in [3.05, 3.63) is 35.6 Å². The van der Waals surface area contributed by atoms with Gasteiger partial charge in [0.1, 0.15) is 5.82 Å². The predicted octanol–water partition coefficient (Wildman–Crippen LogP) is 2.99. The Kier molecular flexibility index (Phi) is 3.43. The number of hydrogen-bond acceptors (Lipinski definition) is 2. The molecule has 1 unspecified atom stereocenters. The summed E-state index contributed by atoms with van der Waals surface area (Å²) in [6.07, 6.45) is -2.25. The third kappa shape index (κ3) is 2.41. The first-order chi connectivity index (χ1) is 9.90. The van der Waals surface area contributed by atoms with Crippen molar-refractivity contribution in [3.63, 3.8) is 0 Å². The minimum absolute atomic E-state index is 0.257. The van der Waals surface area contributed by atoms with Crippen LogP contribution in [0, 0.1) is 11.2 Å². The van der Waals surface area contributed by atoms with Gasteiger partial charge in [-0.2, -0.15) is 0 Å². The highest BCUT2D eigenvalue weighted by molar-refractivity contribution is 5.85. The van der Waals surface area contributed by atoms with E-state index in [4.69, 9.17) is 0 Å². The van der Waals surface area contributed by atoms with E-state index in [1.54, 1.807) is 24.1 Å². The monoisotopic (exact) mass is 298 g/mol. The minimum atomic E-state index is -2.51. The molecule has 2 heterocycles. The van der Waals surface area contributed by atoms with Gasteiger partial charge in [0, 0.05) is 19.5 Å². The van der Waals surface area contributed by atoms with Gasteiger partial charge in [-0.05, 0) is 31.0 Å². The van der Waals surface area contributed by atoms with Gasteiger partial charge in [0.15, 0.2) is 0 Å². The lowest BCUT2D eigenvalue weighted by Crippen LogP contribution is -2.36. The third-order valence-electron chi connectivity index (χ3n) is 4.35. The molecule has 2 aliphatic heterocycles. The van der Waals surface area contributed by atoms with Crippen LogP contribution >= 0.6 is 0 Å². The standard InChI is InChI=1S/C15H17F3N2O/c1-15(8-13(17)18)9-19-6-5-12(20(19)14(15)21)10-3-2-4-11(16)7-10/h2-4,7,12-13H,5-6,8-9H2,1H3/t12-,15?/m1/s1. The fraction of sp³-hybridized carbons (Fsp3) is 0.533. The van der Waals surface area contributed by atoms with Crippen molar-refractivity contribution in [1.29, 1.82) is 0 Å². The highest BCUT2D eigenvalue weighted by Crippen LogP contribution is 2.44. The largest absolute Gasteiger partial charge is 0.273 e. The van der Waals surface area contributed by atoms with Gasteiger partial charge in [-0.1, -0.05) is 12.1 Å². The second-order valence-electron chi connectivity index (χ2n) is 6.05. The van der Waals surface area contributed by atoms with Gasteiger partial charge in [0.2, 0.25) is 12.3 Å². The van der Waals surface area contributed by atoms with Crippen molar-refractivity contribution in [2.45, 2.75) is 32.2 Å². The summed E-state index contributed by atoms with van der Waals surface area (Å²) in [6.45, 7) is 2.52. The maximum Gasteiger partial charge on any atom is 0.244 e. The number of hydrazine groups is 1. The molecule has 1 aromatic carbocycles. The second kappa shape index (κ2) is 5.02. The van der Waals surface area contributed by atoms with E-state index in [2.05, 4.69) is 0 Å². The molecular formula is C15H17F3N2O. The first-order valence-corrected chi connectivity index (χ1v) is 7.03. The number of nitrogens with zero attached hydrogens (tertiary/aromatic N) is 2. The number of fused-ring (bicyclic) bond motifs is 1. The second-order valence-corrected chi connectivity index (χ2v) is 6.05. The summed E-state index contributed by atoms with van der Waals surface area (Å²) >= 11 is 0. The molecule has 3 nitrogen and oxygen atoms in total. The van der Waals surface area contributed by atoms with Gasteiger partial charge >= 0.3 is 0 Å². The summed E-state index contributed by atoms with van der Waals surface area (Å²) in [6, 6.07) is 5.87. The van der Waals surface area contributed by atoms with Crippen molar-refractivity contribution in [2.75, 3.05) is 13.1 Å². The normalized spacial score (nSPS) is 29.5. The Hall–Kier alpha value is -1.56. The highest BCUT2D eigenvalue weighted by atomic mass is 19.3. The lowest BCUT2D eigenvalue weighted by Gasteiger charge is -2.26. The van der Waals surface area contributed by atoms with Crippen LogP contribution in [0.25, 0.3) is 0 Å². The van der Waals surface area contributed by atoms with Gasteiger partial charge in [-0.15, -0.1) is 0 Å². The highest BCUT2D eigenvalue weighted by Gasteiger charge is 2.53. The fourth-order valence-electron chi connectivity index (χ4n) is 3.38. The Morgan fingerprint density at radius 2 is 2.19 bits per heavy atom.